The Morgan fingerprint density at radius 3 is 2.74 bits per heavy atom. The van der Waals surface area contributed by atoms with Crippen molar-refractivity contribution in [2.75, 3.05) is 18.0 Å². The maximum Gasteiger partial charge on any atom is 0.166 e. The van der Waals surface area contributed by atoms with E-state index in [0.29, 0.717) is 22.9 Å². The van der Waals surface area contributed by atoms with Crippen molar-refractivity contribution in [2.45, 2.75) is 44.6 Å². The lowest BCUT2D eigenvalue weighted by molar-refractivity contribution is 0.407. The molecule has 5 heteroatoms. The molecule has 0 radical (unpaired) electrons. The van der Waals surface area contributed by atoms with Crippen LogP contribution in [0.25, 0.3) is 0 Å². The normalized spacial score (nSPS) is 16.6. The van der Waals surface area contributed by atoms with Crippen molar-refractivity contribution in [3.8, 4) is 0 Å². The molecule has 19 heavy (non-hydrogen) atoms. The lowest BCUT2D eigenvalue weighted by Gasteiger charge is -2.35. The zero-order valence-corrected chi connectivity index (χ0v) is 12.7. The van der Waals surface area contributed by atoms with Crippen molar-refractivity contribution in [3.63, 3.8) is 0 Å². The first-order chi connectivity index (χ1) is 9.22. The van der Waals surface area contributed by atoms with Crippen LogP contribution in [0.4, 0.5) is 10.2 Å². The van der Waals surface area contributed by atoms with E-state index in [1.807, 2.05) is 0 Å². The lowest BCUT2D eigenvalue weighted by atomic mass is 9.94. The Labute approximate surface area is 122 Å². The minimum Gasteiger partial charge on any atom is -0.351 e. The Morgan fingerprint density at radius 1 is 1.37 bits per heavy atom. The molecule has 1 aromatic rings. The Balaban J connectivity index is 2.19. The number of anilines is 1. The van der Waals surface area contributed by atoms with Crippen LogP contribution in [-0.4, -0.2) is 24.1 Å². The fourth-order valence-electron chi connectivity index (χ4n) is 2.73. The number of halogens is 2. The number of aromatic nitrogens is 1. The highest BCUT2D eigenvalue weighted by Gasteiger charge is 2.24. The zero-order chi connectivity index (χ0) is 13.7. The van der Waals surface area contributed by atoms with E-state index >= 15 is 0 Å². The molecule has 0 aliphatic heterocycles. The maximum absolute atomic E-state index is 14.1. The Bertz CT molecular complexity index is 408. The van der Waals surface area contributed by atoms with Crippen LogP contribution in [-0.2, 0) is 0 Å². The molecular weight excluding hydrogens is 309 g/mol. The van der Waals surface area contributed by atoms with E-state index in [2.05, 4.69) is 25.8 Å². The van der Waals surface area contributed by atoms with Crippen LogP contribution < -0.4 is 10.6 Å². The van der Waals surface area contributed by atoms with Crippen LogP contribution in [0.15, 0.2) is 16.7 Å². The number of hydrogen-bond donors (Lipinski definition) is 1. The maximum atomic E-state index is 14.1. The third kappa shape index (κ3) is 3.89. The summed E-state index contributed by atoms with van der Waals surface area (Å²) < 4.78 is 14.8. The summed E-state index contributed by atoms with van der Waals surface area (Å²) in [5, 5.41) is 0. The van der Waals surface area contributed by atoms with Gasteiger partial charge in [0.25, 0.3) is 0 Å². The van der Waals surface area contributed by atoms with Gasteiger partial charge in [0.05, 0.1) is 0 Å². The minimum absolute atomic E-state index is 0.253. The van der Waals surface area contributed by atoms with Gasteiger partial charge in [-0.1, -0.05) is 19.3 Å². The molecule has 1 aromatic heterocycles. The van der Waals surface area contributed by atoms with Gasteiger partial charge in [0.15, 0.2) is 11.6 Å². The molecule has 2 N–H and O–H groups in total. The van der Waals surface area contributed by atoms with Crippen LogP contribution in [0.2, 0.25) is 0 Å². The monoisotopic (exact) mass is 329 g/mol. The van der Waals surface area contributed by atoms with Crippen LogP contribution >= 0.6 is 15.9 Å². The van der Waals surface area contributed by atoms with Gasteiger partial charge >= 0.3 is 0 Å². The number of nitrogens with two attached hydrogens (primary N) is 1. The number of rotatable bonds is 5. The molecule has 1 fully saturated rings. The first kappa shape index (κ1) is 14.7. The van der Waals surface area contributed by atoms with Gasteiger partial charge in [0.1, 0.15) is 0 Å². The summed E-state index contributed by atoms with van der Waals surface area (Å²) in [6.45, 7) is 1.41. The van der Waals surface area contributed by atoms with Gasteiger partial charge in [0, 0.05) is 23.3 Å². The molecule has 1 saturated carbocycles. The summed E-state index contributed by atoms with van der Waals surface area (Å²) in [4.78, 5) is 6.39. The second-order valence-corrected chi connectivity index (χ2v) is 6.00. The molecule has 0 spiro atoms. The molecule has 2 rings (SSSR count). The third-order valence-corrected chi connectivity index (χ3v) is 4.11. The smallest absolute Gasteiger partial charge is 0.166 e. The molecule has 0 aromatic carbocycles. The van der Waals surface area contributed by atoms with Crippen LogP contribution in [0, 0.1) is 5.82 Å². The van der Waals surface area contributed by atoms with Crippen molar-refractivity contribution in [2.24, 2.45) is 5.73 Å². The first-order valence-corrected chi connectivity index (χ1v) is 7.79. The van der Waals surface area contributed by atoms with Crippen molar-refractivity contribution in [3.05, 3.63) is 22.6 Å². The Hall–Kier alpha value is -0.680. The summed E-state index contributed by atoms with van der Waals surface area (Å²) in [6, 6.07) is 1.89. The minimum atomic E-state index is -0.253. The molecule has 1 aliphatic carbocycles. The van der Waals surface area contributed by atoms with Crippen LogP contribution in [0.3, 0.4) is 0 Å². The van der Waals surface area contributed by atoms with Crippen molar-refractivity contribution in [1.29, 1.82) is 0 Å². The summed E-state index contributed by atoms with van der Waals surface area (Å²) in [5.74, 6) is 0.223. The fourth-order valence-corrected chi connectivity index (χ4v) is 3.04. The number of pyridine rings is 1. The topological polar surface area (TPSA) is 42.1 Å². The lowest BCUT2D eigenvalue weighted by Crippen LogP contribution is -2.39. The molecule has 0 atom stereocenters. The van der Waals surface area contributed by atoms with Gasteiger partial charge in [-0.2, -0.15) is 0 Å². The van der Waals surface area contributed by atoms with Gasteiger partial charge in [-0.3, -0.25) is 0 Å². The third-order valence-electron chi connectivity index (χ3n) is 3.68. The summed E-state index contributed by atoms with van der Waals surface area (Å²) in [7, 11) is 0. The van der Waals surface area contributed by atoms with Crippen molar-refractivity contribution >= 4 is 21.7 Å². The van der Waals surface area contributed by atoms with Gasteiger partial charge < -0.3 is 10.6 Å². The second-order valence-electron chi connectivity index (χ2n) is 5.09. The highest BCUT2D eigenvalue weighted by molar-refractivity contribution is 9.10. The van der Waals surface area contributed by atoms with E-state index in [1.165, 1.54) is 25.3 Å². The first-order valence-electron chi connectivity index (χ1n) is 7.00. The van der Waals surface area contributed by atoms with E-state index in [0.717, 1.165) is 25.8 Å². The number of hydrogen-bond acceptors (Lipinski definition) is 3. The molecule has 1 heterocycles. The highest BCUT2D eigenvalue weighted by atomic mass is 79.9. The van der Waals surface area contributed by atoms with Gasteiger partial charge in [-0.25, -0.2) is 9.37 Å². The molecule has 0 unspecified atom stereocenters. The summed E-state index contributed by atoms with van der Waals surface area (Å²) in [6.07, 6.45) is 8.52. The molecule has 0 saturated heterocycles. The van der Waals surface area contributed by atoms with Crippen molar-refractivity contribution < 1.29 is 4.39 Å². The van der Waals surface area contributed by atoms with E-state index in [1.54, 1.807) is 6.20 Å². The molecule has 1 aliphatic rings. The fraction of sp³-hybridized carbons (Fsp3) is 0.643. The standard InChI is InChI=1S/C14H21BrFN3/c15-11-9-13(16)14(18-10-11)19(8-4-7-17)12-5-2-1-3-6-12/h9-10,12H,1-8,17H2. The summed E-state index contributed by atoms with van der Waals surface area (Å²) in [5.41, 5.74) is 5.60. The summed E-state index contributed by atoms with van der Waals surface area (Å²) >= 11 is 3.25. The Morgan fingerprint density at radius 2 is 2.11 bits per heavy atom. The van der Waals surface area contributed by atoms with Gasteiger partial charge in [-0.05, 0) is 47.8 Å². The predicted octanol–water partition coefficient (Wildman–Crippen LogP) is 3.47. The van der Waals surface area contributed by atoms with Crippen molar-refractivity contribution in [1.82, 2.24) is 4.98 Å². The quantitative estimate of drug-likeness (QED) is 0.899. The SMILES string of the molecule is NCCCN(c1ncc(Br)cc1F)C1CCCCC1. The molecular formula is C14H21BrFN3. The predicted molar refractivity (Wildman–Crippen MR) is 79.8 cm³/mol. The average Bonchev–Trinajstić information content (AvgIpc) is 2.42. The number of nitrogens with zero attached hydrogens (tertiary/aromatic N) is 2. The largest absolute Gasteiger partial charge is 0.351 e. The Kier molecular flexibility index (Phi) is 5.58. The van der Waals surface area contributed by atoms with Crippen LogP contribution in [0.5, 0.6) is 0 Å². The van der Waals surface area contributed by atoms with Crippen LogP contribution in [0.1, 0.15) is 38.5 Å². The molecule has 106 valence electrons. The zero-order valence-electron chi connectivity index (χ0n) is 11.1. The van der Waals surface area contributed by atoms with Gasteiger partial charge in [-0.15, -0.1) is 0 Å². The molecule has 0 amide bonds. The molecule has 0 bridgehead atoms. The van der Waals surface area contributed by atoms with Gasteiger partial charge in [0.2, 0.25) is 0 Å². The molecule has 3 nitrogen and oxygen atoms in total. The van der Waals surface area contributed by atoms with E-state index < -0.39 is 0 Å². The second kappa shape index (κ2) is 7.20. The highest BCUT2D eigenvalue weighted by Crippen LogP contribution is 2.28. The average molecular weight is 330 g/mol. The van der Waals surface area contributed by atoms with E-state index in [-0.39, 0.29) is 5.82 Å². The van der Waals surface area contributed by atoms with E-state index in [4.69, 9.17) is 5.73 Å². The van der Waals surface area contributed by atoms with E-state index in [9.17, 15) is 4.39 Å².